The second kappa shape index (κ2) is 8.41. The number of amides is 1. The number of nitrogens with one attached hydrogen (secondary N) is 1. The van der Waals surface area contributed by atoms with Crippen molar-refractivity contribution in [2.45, 2.75) is 37.6 Å². The molecule has 1 aliphatic carbocycles. The number of fused-ring (bicyclic) bond motifs is 1. The van der Waals surface area contributed by atoms with Gasteiger partial charge in [0, 0.05) is 24.2 Å². The van der Waals surface area contributed by atoms with Crippen LogP contribution in [0.25, 0.3) is 0 Å². The molecule has 1 N–H and O–H groups in total. The topological polar surface area (TPSA) is 92.5 Å². The molecule has 0 atom stereocenters. The summed E-state index contributed by atoms with van der Waals surface area (Å²) in [6.45, 7) is 2.44. The Labute approximate surface area is 175 Å². The first-order chi connectivity index (χ1) is 14.5. The Bertz CT molecular complexity index is 1140. The van der Waals surface area contributed by atoms with E-state index in [-0.39, 0.29) is 10.8 Å². The molecule has 0 bridgehead atoms. The Morgan fingerprint density at radius 2 is 1.83 bits per heavy atom. The molecule has 0 aliphatic heterocycles. The second-order valence-electron chi connectivity index (χ2n) is 7.19. The van der Waals surface area contributed by atoms with Gasteiger partial charge in [0.15, 0.2) is 0 Å². The van der Waals surface area contributed by atoms with Gasteiger partial charge in [0.2, 0.25) is 15.9 Å². The summed E-state index contributed by atoms with van der Waals surface area (Å²) in [6, 6.07) is 15.4. The number of aromatic nitrogens is 1. The minimum absolute atomic E-state index is 0.150. The number of carbonyl (C=O) groups excluding carboxylic acids is 1. The minimum atomic E-state index is -3.68. The molecule has 2 aromatic carbocycles. The lowest BCUT2D eigenvalue weighted by Crippen LogP contribution is -2.30. The number of rotatable bonds is 7. The van der Waals surface area contributed by atoms with Gasteiger partial charge in [-0.25, -0.2) is 8.42 Å². The summed E-state index contributed by atoms with van der Waals surface area (Å²) < 4.78 is 32.7. The van der Waals surface area contributed by atoms with Gasteiger partial charge >= 0.3 is 0 Å². The third kappa shape index (κ3) is 4.01. The Kier molecular flexibility index (Phi) is 5.69. The molecule has 0 unspecified atom stereocenters. The van der Waals surface area contributed by atoms with Crippen LogP contribution in [-0.2, 0) is 29.4 Å². The van der Waals surface area contributed by atoms with Crippen LogP contribution in [0.2, 0.25) is 0 Å². The van der Waals surface area contributed by atoms with Crippen molar-refractivity contribution < 1.29 is 17.7 Å². The van der Waals surface area contributed by atoms with E-state index in [1.165, 1.54) is 28.6 Å². The van der Waals surface area contributed by atoms with E-state index in [0.717, 1.165) is 36.1 Å². The van der Waals surface area contributed by atoms with E-state index in [0.29, 0.717) is 24.5 Å². The zero-order valence-corrected chi connectivity index (χ0v) is 17.5. The summed E-state index contributed by atoms with van der Waals surface area (Å²) in [5.41, 5.74) is 3.11. The van der Waals surface area contributed by atoms with Gasteiger partial charge in [0.05, 0.1) is 10.6 Å². The highest BCUT2D eigenvalue weighted by atomic mass is 32.2. The molecule has 1 aliphatic rings. The minimum Gasteiger partial charge on any atom is -0.338 e. The molecule has 1 aromatic heterocycles. The number of hydrogen-bond donors (Lipinski definition) is 1. The fourth-order valence-corrected chi connectivity index (χ4v) is 5.02. The number of anilines is 1. The highest BCUT2D eigenvalue weighted by molar-refractivity contribution is 7.89. The van der Waals surface area contributed by atoms with Crippen molar-refractivity contribution in [2.24, 2.45) is 0 Å². The third-order valence-electron chi connectivity index (χ3n) is 5.25. The summed E-state index contributed by atoms with van der Waals surface area (Å²) in [5.74, 6) is 0.0191. The van der Waals surface area contributed by atoms with E-state index < -0.39 is 10.0 Å². The van der Waals surface area contributed by atoms with Crippen LogP contribution in [0.3, 0.4) is 0 Å². The molecule has 0 radical (unpaired) electrons. The Hall–Kier alpha value is -2.97. The highest BCUT2D eigenvalue weighted by Crippen LogP contribution is 2.28. The molecule has 1 amide bonds. The number of sulfonamides is 1. The van der Waals surface area contributed by atoms with Crippen molar-refractivity contribution in [1.82, 2.24) is 9.46 Å². The number of hydrogen-bond acceptors (Lipinski definition) is 5. The molecule has 156 valence electrons. The smallest absolute Gasteiger partial charge is 0.258 e. The lowest BCUT2D eigenvalue weighted by molar-refractivity contribution is 0.102. The van der Waals surface area contributed by atoms with E-state index in [9.17, 15) is 13.2 Å². The molecule has 4 rings (SSSR count). The van der Waals surface area contributed by atoms with Gasteiger partial charge in [0.25, 0.3) is 5.91 Å². The van der Waals surface area contributed by atoms with Gasteiger partial charge in [-0.05, 0) is 49.1 Å². The van der Waals surface area contributed by atoms with Crippen molar-refractivity contribution in [1.29, 1.82) is 0 Å². The van der Waals surface area contributed by atoms with Gasteiger partial charge in [-0.1, -0.05) is 42.4 Å². The Balaban J connectivity index is 1.49. The van der Waals surface area contributed by atoms with Crippen LogP contribution in [0.5, 0.6) is 0 Å². The predicted molar refractivity (Wildman–Crippen MR) is 113 cm³/mol. The average molecular weight is 426 g/mol. The van der Waals surface area contributed by atoms with Gasteiger partial charge in [-0.15, -0.1) is 0 Å². The monoisotopic (exact) mass is 425 g/mol. The Morgan fingerprint density at radius 1 is 1.10 bits per heavy atom. The van der Waals surface area contributed by atoms with Crippen LogP contribution >= 0.6 is 0 Å². The van der Waals surface area contributed by atoms with Crippen LogP contribution in [0.4, 0.5) is 5.88 Å². The molecule has 0 fully saturated rings. The molecular formula is C22H23N3O4S. The summed E-state index contributed by atoms with van der Waals surface area (Å²) in [4.78, 5) is 12.7. The molecule has 3 aromatic rings. The molecule has 0 saturated heterocycles. The molecule has 0 spiro atoms. The van der Waals surface area contributed by atoms with Gasteiger partial charge < -0.3 is 4.52 Å². The van der Waals surface area contributed by atoms with E-state index in [1.807, 2.05) is 30.3 Å². The van der Waals surface area contributed by atoms with E-state index in [2.05, 4.69) is 10.5 Å². The van der Waals surface area contributed by atoms with Gasteiger partial charge in [-0.3, -0.25) is 10.1 Å². The third-order valence-corrected chi connectivity index (χ3v) is 7.18. The fraction of sp³-hybridized carbons (Fsp3) is 0.273. The zero-order valence-electron chi connectivity index (χ0n) is 16.7. The van der Waals surface area contributed by atoms with Crippen LogP contribution < -0.4 is 5.32 Å². The van der Waals surface area contributed by atoms with Crippen molar-refractivity contribution in [2.75, 3.05) is 11.9 Å². The predicted octanol–water partition coefficient (Wildman–Crippen LogP) is 3.63. The van der Waals surface area contributed by atoms with Gasteiger partial charge in [-0.2, -0.15) is 4.31 Å². The first-order valence-electron chi connectivity index (χ1n) is 9.92. The van der Waals surface area contributed by atoms with Crippen molar-refractivity contribution in [3.8, 4) is 0 Å². The maximum Gasteiger partial charge on any atom is 0.258 e. The Morgan fingerprint density at radius 3 is 2.53 bits per heavy atom. The molecule has 0 saturated carbocycles. The lowest BCUT2D eigenvalue weighted by Gasteiger charge is -2.20. The maximum absolute atomic E-state index is 13.0. The maximum atomic E-state index is 13.0. The molecule has 1 heterocycles. The molecule has 7 nitrogen and oxygen atoms in total. The normalized spacial score (nSPS) is 13.4. The molecule has 30 heavy (non-hydrogen) atoms. The first kappa shape index (κ1) is 20.3. The van der Waals surface area contributed by atoms with Crippen LogP contribution in [0.15, 0.2) is 64.0 Å². The van der Waals surface area contributed by atoms with Crippen LogP contribution in [-0.4, -0.2) is 30.3 Å². The number of nitrogens with zero attached hydrogens (tertiary/aromatic N) is 2. The summed E-state index contributed by atoms with van der Waals surface area (Å²) in [7, 11) is -3.68. The second-order valence-corrected chi connectivity index (χ2v) is 9.12. The number of benzene rings is 2. The quantitative estimate of drug-likeness (QED) is 0.624. The number of aryl methyl sites for hydroxylation is 1. The van der Waals surface area contributed by atoms with E-state index in [1.54, 1.807) is 6.92 Å². The number of carbonyl (C=O) groups is 1. The van der Waals surface area contributed by atoms with Gasteiger partial charge in [0.1, 0.15) is 0 Å². The van der Waals surface area contributed by atoms with E-state index >= 15 is 0 Å². The standard InChI is InChI=1S/C22H23N3O4S/c1-2-25(15-16-7-4-3-5-8-16)30(27,28)18-13-11-17(12-14-18)21(26)23-22-19-9-6-10-20(19)24-29-22/h3-5,7-8,11-14H,2,6,9-10,15H2,1H3,(H,23,26). The van der Waals surface area contributed by atoms with Crippen molar-refractivity contribution in [3.63, 3.8) is 0 Å². The average Bonchev–Trinajstić information content (AvgIpc) is 3.38. The summed E-state index contributed by atoms with van der Waals surface area (Å²) in [5, 5.41) is 6.71. The molecular weight excluding hydrogens is 402 g/mol. The highest BCUT2D eigenvalue weighted by Gasteiger charge is 2.25. The SMILES string of the molecule is CCN(Cc1ccccc1)S(=O)(=O)c1ccc(C(=O)Nc2onc3c2CCC3)cc1. The lowest BCUT2D eigenvalue weighted by atomic mass is 10.2. The van der Waals surface area contributed by atoms with Crippen LogP contribution in [0, 0.1) is 0 Å². The van der Waals surface area contributed by atoms with Crippen molar-refractivity contribution in [3.05, 3.63) is 77.0 Å². The molecule has 8 heteroatoms. The fourth-order valence-electron chi connectivity index (χ4n) is 3.58. The largest absolute Gasteiger partial charge is 0.338 e. The van der Waals surface area contributed by atoms with Crippen molar-refractivity contribution >= 4 is 21.8 Å². The van der Waals surface area contributed by atoms with Crippen LogP contribution in [0.1, 0.15) is 40.5 Å². The summed E-state index contributed by atoms with van der Waals surface area (Å²) in [6.07, 6.45) is 2.69. The zero-order chi connectivity index (χ0) is 21.1. The summed E-state index contributed by atoms with van der Waals surface area (Å²) >= 11 is 0. The van der Waals surface area contributed by atoms with E-state index in [4.69, 9.17) is 4.52 Å². The first-order valence-corrected chi connectivity index (χ1v) is 11.4.